The molecule has 0 heterocycles. The first-order chi connectivity index (χ1) is 8.19. The molecule has 0 aromatic heterocycles. The zero-order valence-electron chi connectivity index (χ0n) is 10.4. The molecular weight excluding hydrogens is 212 g/mol. The van der Waals surface area contributed by atoms with Gasteiger partial charge in [0.15, 0.2) is 0 Å². The van der Waals surface area contributed by atoms with Crippen LogP contribution in [0.5, 0.6) is 0 Å². The summed E-state index contributed by atoms with van der Waals surface area (Å²) in [5, 5.41) is 2.88. The normalized spacial score (nSPS) is 9.71. The SMILES string of the molecule is C#CCNCC(=O)N(C)c1ccc(CC)cc1. The van der Waals surface area contributed by atoms with E-state index in [1.165, 1.54) is 5.56 Å². The number of anilines is 1. The van der Waals surface area contributed by atoms with Crippen LogP contribution in [-0.4, -0.2) is 26.0 Å². The first-order valence-electron chi connectivity index (χ1n) is 5.68. The average Bonchev–Trinajstić information content (AvgIpc) is 2.38. The number of nitrogens with zero attached hydrogens (tertiary/aromatic N) is 1. The van der Waals surface area contributed by atoms with Crippen LogP contribution in [0.25, 0.3) is 0 Å². The summed E-state index contributed by atoms with van der Waals surface area (Å²) < 4.78 is 0. The highest BCUT2D eigenvalue weighted by Crippen LogP contribution is 2.14. The Kier molecular flexibility index (Phi) is 5.25. The van der Waals surface area contributed by atoms with E-state index in [9.17, 15) is 4.79 Å². The standard InChI is InChI=1S/C14H18N2O/c1-4-10-15-11-14(17)16(3)13-8-6-12(5-2)7-9-13/h1,6-9,15H,5,10-11H2,2-3H3. The summed E-state index contributed by atoms with van der Waals surface area (Å²) in [7, 11) is 1.76. The van der Waals surface area contributed by atoms with Crippen molar-refractivity contribution in [2.45, 2.75) is 13.3 Å². The van der Waals surface area contributed by atoms with Crippen molar-refractivity contribution in [1.29, 1.82) is 0 Å². The second-order valence-corrected chi connectivity index (χ2v) is 3.78. The maximum Gasteiger partial charge on any atom is 0.240 e. The van der Waals surface area contributed by atoms with Crippen molar-refractivity contribution in [3.63, 3.8) is 0 Å². The van der Waals surface area contributed by atoms with E-state index < -0.39 is 0 Å². The number of aryl methyl sites for hydroxylation is 1. The molecule has 0 saturated heterocycles. The van der Waals surface area contributed by atoms with Gasteiger partial charge in [-0.05, 0) is 24.1 Å². The Morgan fingerprint density at radius 2 is 2.06 bits per heavy atom. The zero-order valence-corrected chi connectivity index (χ0v) is 10.4. The Hall–Kier alpha value is -1.79. The van der Waals surface area contributed by atoms with Gasteiger partial charge in [-0.3, -0.25) is 10.1 Å². The molecule has 0 aliphatic rings. The predicted octanol–water partition coefficient (Wildman–Crippen LogP) is 1.43. The number of benzene rings is 1. The van der Waals surface area contributed by atoms with Gasteiger partial charge in [-0.15, -0.1) is 6.42 Å². The van der Waals surface area contributed by atoms with Crippen LogP contribution < -0.4 is 10.2 Å². The maximum atomic E-state index is 11.8. The monoisotopic (exact) mass is 230 g/mol. The summed E-state index contributed by atoms with van der Waals surface area (Å²) in [6.07, 6.45) is 6.10. The van der Waals surface area contributed by atoms with Crippen LogP contribution in [-0.2, 0) is 11.2 Å². The van der Waals surface area contributed by atoms with Gasteiger partial charge in [0, 0.05) is 12.7 Å². The van der Waals surface area contributed by atoms with E-state index in [2.05, 4.69) is 18.2 Å². The number of nitrogens with one attached hydrogen (secondary N) is 1. The molecule has 1 amide bonds. The molecule has 0 unspecified atom stereocenters. The van der Waals surface area contributed by atoms with Gasteiger partial charge in [0.25, 0.3) is 0 Å². The number of likely N-dealkylation sites (N-methyl/N-ethyl adjacent to an activating group) is 1. The molecular formula is C14H18N2O. The van der Waals surface area contributed by atoms with Crippen LogP contribution in [0.1, 0.15) is 12.5 Å². The van der Waals surface area contributed by atoms with Gasteiger partial charge in [0.2, 0.25) is 5.91 Å². The Morgan fingerprint density at radius 1 is 1.41 bits per heavy atom. The van der Waals surface area contributed by atoms with E-state index in [4.69, 9.17) is 6.42 Å². The maximum absolute atomic E-state index is 11.8. The van der Waals surface area contributed by atoms with Gasteiger partial charge in [0.05, 0.1) is 13.1 Å². The topological polar surface area (TPSA) is 32.3 Å². The van der Waals surface area contributed by atoms with Gasteiger partial charge in [-0.1, -0.05) is 25.0 Å². The third kappa shape index (κ3) is 3.93. The average molecular weight is 230 g/mol. The van der Waals surface area contributed by atoms with E-state index >= 15 is 0 Å². The quantitative estimate of drug-likeness (QED) is 0.613. The molecule has 0 atom stereocenters. The number of rotatable bonds is 5. The molecule has 3 nitrogen and oxygen atoms in total. The first kappa shape index (κ1) is 13.3. The molecule has 1 aromatic rings. The Bertz CT molecular complexity index is 403. The highest BCUT2D eigenvalue weighted by molar-refractivity contribution is 5.94. The number of hydrogen-bond acceptors (Lipinski definition) is 2. The number of carbonyl (C=O) groups is 1. The van der Waals surface area contributed by atoms with Gasteiger partial charge in [-0.25, -0.2) is 0 Å². The number of carbonyl (C=O) groups excluding carboxylic acids is 1. The van der Waals surface area contributed by atoms with E-state index in [0.29, 0.717) is 6.54 Å². The lowest BCUT2D eigenvalue weighted by atomic mass is 10.1. The minimum Gasteiger partial charge on any atom is -0.314 e. The van der Waals surface area contributed by atoms with Crippen molar-refractivity contribution in [2.24, 2.45) is 0 Å². The highest BCUT2D eigenvalue weighted by Gasteiger charge is 2.09. The molecule has 0 fully saturated rings. The minimum absolute atomic E-state index is 0.00417. The van der Waals surface area contributed by atoms with E-state index in [1.807, 2.05) is 24.3 Å². The molecule has 0 aliphatic heterocycles. The number of amides is 1. The largest absolute Gasteiger partial charge is 0.314 e. The fourth-order valence-electron chi connectivity index (χ4n) is 1.46. The summed E-state index contributed by atoms with van der Waals surface area (Å²) >= 11 is 0. The zero-order chi connectivity index (χ0) is 12.7. The summed E-state index contributed by atoms with van der Waals surface area (Å²) in [6.45, 7) is 2.78. The van der Waals surface area contributed by atoms with Gasteiger partial charge >= 0.3 is 0 Å². The van der Waals surface area contributed by atoms with Crippen LogP contribution in [0.4, 0.5) is 5.69 Å². The second-order valence-electron chi connectivity index (χ2n) is 3.78. The molecule has 90 valence electrons. The third-order valence-electron chi connectivity index (χ3n) is 2.61. The minimum atomic E-state index is 0.00417. The molecule has 0 aliphatic carbocycles. The third-order valence-corrected chi connectivity index (χ3v) is 2.61. The van der Waals surface area contributed by atoms with E-state index in [1.54, 1.807) is 11.9 Å². The van der Waals surface area contributed by atoms with Gasteiger partial charge < -0.3 is 4.90 Å². The van der Waals surface area contributed by atoms with Crippen LogP contribution in [0.15, 0.2) is 24.3 Å². The molecule has 1 aromatic carbocycles. The molecule has 0 saturated carbocycles. The molecule has 0 spiro atoms. The molecule has 3 heteroatoms. The lowest BCUT2D eigenvalue weighted by Crippen LogP contribution is -2.35. The lowest BCUT2D eigenvalue weighted by Gasteiger charge is -2.17. The fourth-order valence-corrected chi connectivity index (χ4v) is 1.46. The molecule has 0 bridgehead atoms. The number of terminal acetylenes is 1. The van der Waals surface area contributed by atoms with E-state index in [0.717, 1.165) is 12.1 Å². The van der Waals surface area contributed by atoms with Crippen molar-refractivity contribution < 1.29 is 4.79 Å². The van der Waals surface area contributed by atoms with Gasteiger partial charge in [-0.2, -0.15) is 0 Å². The van der Waals surface area contributed by atoms with Crippen molar-refractivity contribution in [2.75, 3.05) is 25.0 Å². The first-order valence-corrected chi connectivity index (χ1v) is 5.68. The van der Waals surface area contributed by atoms with Crippen molar-refractivity contribution in [1.82, 2.24) is 5.32 Å². The summed E-state index contributed by atoms with van der Waals surface area (Å²) in [5.74, 6) is 2.44. The van der Waals surface area contributed by atoms with Crippen LogP contribution in [0.3, 0.4) is 0 Å². The molecule has 1 N–H and O–H groups in total. The van der Waals surface area contributed by atoms with E-state index in [-0.39, 0.29) is 12.5 Å². The van der Waals surface area contributed by atoms with Gasteiger partial charge in [0.1, 0.15) is 0 Å². The molecule has 17 heavy (non-hydrogen) atoms. The second kappa shape index (κ2) is 6.72. The van der Waals surface area contributed by atoms with Crippen LogP contribution in [0.2, 0.25) is 0 Å². The van der Waals surface area contributed by atoms with Crippen LogP contribution >= 0.6 is 0 Å². The number of hydrogen-bond donors (Lipinski definition) is 1. The predicted molar refractivity (Wildman–Crippen MR) is 70.9 cm³/mol. The lowest BCUT2D eigenvalue weighted by molar-refractivity contribution is -0.117. The summed E-state index contributed by atoms with van der Waals surface area (Å²) in [5.41, 5.74) is 2.16. The molecule has 1 rings (SSSR count). The summed E-state index contributed by atoms with van der Waals surface area (Å²) in [4.78, 5) is 13.4. The highest BCUT2D eigenvalue weighted by atomic mass is 16.2. The van der Waals surface area contributed by atoms with Crippen molar-refractivity contribution in [3.8, 4) is 12.3 Å². The van der Waals surface area contributed by atoms with Crippen molar-refractivity contribution in [3.05, 3.63) is 29.8 Å². The van der Waals surface area contributed by atoms with Crippen LogP contribution in [0, 0.1) is 12.3 Å². The Morgan fingerprint density at radius 3 is 2.59 bits per heavy atom. The fraction of sp³-hybridized carbons (Fsp3) is 0.357. The Labute approximate surface area is 103 Å². The smallest absolute Gasteiger partial charge is 0.240 e. The Balaban J connectivity index is 2.59. The molecule has 0 radical (unpaired) electrons. The summed E-state index contributed by atoms with van der Waals surface area (Å²) in [6, 6.07) is 7.98. The van der Waals surface area contributed by atoms with Crippen molar-refractivity contribution >= 4 is 11.6 Å².